The molecule has 1 aromatic rings. The molecule has 14 heavy (non-hydrogen) atoms. The Bertz CT molecular complexity index is 399. The number of anilines is 1. The van der Waals surface area contributed by atoms with Gasteiger partial charge in [-0.2, -0.15) is 0 Å². The van der Waals surface area contributed by atoms with Gasteiger partial charge in [0.15, 0.2) is 0 Å². The molecule has 0 unspecified atom stereocenters. The maximum Gasteiger partial charge on any atom is 0.340 e. The first kappa shape index (κ1) is 8.62. The summed E-state index contributed by atoms with van der Waals surface area (Å²) in [7, 11) is 1.37. The van der Waals surface area contributed by atoms with Crippen molar-refractivity contribution in [1.82, 2.24) is 5.43 Å². The number of hydrogen-bond acceptors (Lipinski definition) is 4. The van der Waals surface area contributed by atoms with Gasteiger partial charge in [0.25, 0.3) is 0 Å². The van der Waals surface area contributed by atoms with Crippen LogP contribution in [0.5, 0.6) is 0 Å². The van der Waals surface area contributed by atoms with Crippen molar-refractivity contribution in [3.05, 3.63) is 36.0 Å². The fourth-order valence-corrected chi connectivity index (χ4v) is 1.37. The molecule has 4 nitrogen and oxygen atoms in total. The third-order valence-electron chi connectivity index (χ3n) is 2.05. The lowest BCUT2D eigenvalue weighted by Gasteiger charge is -2.18. The molecule has 1 heterocycles. The Morgan fingerprint density at radius 1 is 1.36 bits per heavy atom. The highest BCUT2D eigenvalue weighted by Crippen LogP contribution is 2.26. The SMILES string of the molecule is COC(=O)C1=CNNc2ccccc21. The zero-order valence-electron chi connectivity index (χ0n) is 7.70. The Morgan fingerprint density at radius 3 is 2.93 bits per heavy atom. The second-order valence-corrected chi connectivity index (χ2v) is 2.86. The molecule has 4 heteroatoms. The van der Waals surface area contributed by atoms with Crippen molar-refractivity contribution in [2.24, 2.45) is 0 Å². The van der Waals surface area contributed by atoms with Crippen LogP contribution in [-0.4, -0.2) is 13.1 Å². The number of carbonyl (C=O) groups is 1. The van der Waals surface area contributed by atoms with E-state index in [2.05, 4.69) is 15.6 Å². The van der Waals surface area contributed by atoms with Crippen molar-refractivity contribution >= 4 is 17.2 Å². The van der Waals surface area contributed by atoms with Gasteiger partial charge in [-0.05, 0) is 6.07 Å². The van der Waals surface area contributed by atoms with Gasteiger partial charge in [-0.15, -0.1) is 0 Å². The molecule has 0 fully saturated rings. The summed E-state index contributed by atoms with van der Waals surface area (Å²) in [6.45, 7) is 0. The van der Waals surface area contributed by atoms with E-state index in [9.17, 15) is 4.79 Å². The standard InChI is InChI=1S/C10H10N2O2/c1-14-10(13)8-6-11-12-9-5-3-2-4-7(8)9/h2-6,11-12H,1H3. The number of esters is 1. The van der Waals surface area contributed by atoms with Crippen LogP contribution in [0.1, 0.15) is 5.56 Å². The number of ether oxygens (including phenoxy) is 1. The number of benzene rings is 1. The average Bonchev–Trinajstić information content (AvgIpc) is 2.27. The summed E-state index contributed by atoms with van der Waals surface area (Å²) in [5.41, 5.74) is 7.98. The second kappa shape index (κ2) is 3.41. The highest BCUT2D eigenvalue weighted by molar-refractivity contribution is 6.18. The molecule has 0 radical (unpaired) electrons. The number of hydrogen-bond donors (Lipinski definition) is 2. The van der Waals surface area contributed by atoms with Crippen LogP contribution in [0.15, 0.2) is 30.5 Å². The Balaban J connectivity index is 2.45. The molecule has 1 aliphatic heterocycles. The van der Waals surface area contributed by atoms with Gasteiger partial charge in [-0.25, -0.2) is 4.79 Å². The fourth-order valence-electron chi connectivity index (χ4n) is 1.37. The molecule has 72 valence electrons. The lowest BCUT2D eigenvalue weighted by atomic mass is 10.0. The number of para-hydroxylation sites is 1. The maximum atomic E-state index is 11.4. The van der Waals surface area contributed by atoms with Crippen LogP contribution in [-0.2, 0) is 9.53 Å². The van der Waals surface area contributed by atoms with E-state index in [0.29, 0.717) is 5.57 Å². The predicted molar refractivity (Wildman–Crippen MR) is 53.2 cm³/mol. The third kappa shape index (κ3) is 1.31. The molecule has 0 spiro atoms. The van der Waals surface area contributed by atoms with E-state index < -0.39 is 0 Å². The largest absolute Gasteiger partial charge is 0.465 e. The molecule has 1 aliphatic rings. The van der Waals surface area contributed by atoms with E-state index in [0.717, 1.165) is 11.3 Å². The minimum atomic E-state index is -0.341. The van der Waals surface area contributed by atoms with Crippen LogP contribution in [0.25, 0.3) is 5.57 Å². The lowest BCUT2D eigenvalue weighted by molar-refractivity contribution is -0.133. The normalized spacial score (nSPS) is 13.1. The maximum absolute atomic E-state index is 11.4. The fraction of sp³-hybridized carbons (Fsp3) is 0.100. The van der Waals surface area contributed by atoms with Gasteiger partial charge in [0.2, 0.25) is 0 Å². The van der Waals surface area contributed by atoms with Gasteiger partial charge in [0.1, 0.15) is 0 Å². The minimum absolute atomic E-state index is 0.341. The van der Waals surface area contributed by atoms with E-state index in [-0.39, 0.29) is 5.97 Å². The molecule has 0 amide bonds. The molecule has 0 saturated heterocycles. The monoisotopic (exact) mass is 190 g/mol. The Kier molecular flexibility index (Phi) is 2.10. The minimum Gasteiger partial charge on any atom is -0.465 e. The van der Waals surface area contributed by atoms with E-state index in [1.165, 1.54) is 7.11 Å². The first-order valence-corrected chi connectivity index (χ1v) is 4.22. The topological polar surface area (TPSA) is 50.4 Å². The first-order valence-electron chi connectivity index (χ1n) is 4.22. The molecule has 1 aromatic carbocycles. The van der Waals surface area contributed by atoms with Gasteiger partial charge in [0.05, 0.1) is 18.4 Å². The van der Waals surface area contributed by atoms with Crippen molar-refractivity contribution in [2.75, 3.05) is 12.5 Å². The summed E-state index contributed by atoms with van der Waals surface area (Å²) in [6, 6.07) is 7.53. The highest BCUT2D eigenvalue weighted by atomic mass is 16.5. The number of fused-ring (bicyclic) bond motifs is 1. The highest BCUT2D eigenvalue weighted by Gasteiger charge is 2.18. The molecule has 0 aliphatic carbocycles. The number of nitrogens with one attached hydrogen (secondary N) is 2. The van der Waals surface area contributed by atoms with Crippen molar-refractivity contribution in [1.29, 1.82) is 0 Å². The van der Waals surface area contributed by atoms with Crippen LogP contribution < -0.4 is 10.9 Å². The summed E-state index contributed by atoms with van der Waals surface area (Å²) in [6.07, 6.45) is 1.59. The third-order valence-corrected chi connectivity index (χ3v) is 2.05. The summed E-state index contributed by atoms with van der Waals surface area (Å²) in [5, 5.41) is 0. The van der Waals surface area contributed by atoms with Gasteiger partial charge in [-0.3, -0.25) is 0 Å². The molecule has 0 bridgehead atoms. The van der Waals surface area contributed by atoms with Crippen LogP contribution in [0.4, 0.5) is 5.69 Å². The second-order valence-electron chi connectivity index (χ2n) is 2.86. The first-order chi connectivity index (χ1) is 6.83. The molecule has 2 rings (SSSR count). The summed E-state index contributed by atoms with van der Waals surface area (Å²) < 4.78 is 4.67. The smallest absolute Gasteiger partial charge is 0.340 e. The summed E-state index contributed by atoms with van der Waals surface area (Å²) in [4.78, 5) is 11.4. The Hall–Kier alpha value is -1.97. The van der Waals surface area contributed by atoms with Crippen molar-refractivity contribution in [3.63, 3.8) is 0 Å². The van der Waals surface area contributed by atoms with Crippen molar-refractivity contribution in [2.45, 2.75) is 0 Å². The van der Waals surface area contributed by atoms with Crippen molar-refractivity contribution < 1.29 is 9.53 Å². The molecule has 0 saturated carbocycles. The molecular weight excluding hydrogens is 180 g/mol. The number of rotatable bonds is 1. The zero-order valence-corrected chi connectivity index (χ0v) is 7.70. The van der Waals surface area contributed by atoms with E-state index in [4.69, 9.17) is 0 Å². The van der Waals surface area contributed by atoms with Crippen molar-refractivity contribution in [3.8, 4) is 0 Å². The Labute approximate surface area is 81.5 Å². The summed E-state index contributed by atoms with van der Waals surface area (Å²) >= 11 is 0. The van der Waals surface area contributed by atoms with Crippen LogP contribution in [0.2, 0.25) is 0 Å². The van der Waals surface area contributed by atoms with E-state index in [1.807, 2.05) is 24.3 Å². The van der Waals surface area contributed by atoms with Gasteiger partial charge < -0.3 is 15.6 Å². The molecule has 0 aromatic heterocycles. The summed E-state index contributed by atoms with van der Waals surface area (Å²) in [5.74, 6) is -0.341. The van der Waals surface area contributed by atoms with Gasteiger partial charge >= 0.3 is 5.97 Å². The number of hydrazine groups is 1. The zero-order chi connectivity index (χ0) is 9.97. The van der Waals surface area contributed by atoms with E-state index >= 15 is 0 Å². The average molecular weight is 190 g/mol. The quantitative estimate of drug-likeness (QED) is 0.652. The van der Waals surface area contributed by atoms with Gasteiger partial charge in [-0.1, -0.05) is 18.2 Å². The number of carbonyl (C=O) groups excluding carboxylic acids is 1. The lowest BCUT2D eigenvalue weighted by Crippen LogP contribution is -2.23. The van der Waals surface area contributed by atoms with Gasteiger partial charge in [0, 0.05) is 11.8 Å². The Morgan fingerprint density at radius 2 is 2.14 bits per heavy atom. The molecule has 0 atom stereocenters. The molecular formula is C10H10N2O2. The van der Waals surface area contributed by atoms with Crippen LogP contribution >= 0.6 is 0 Å². The predicted octanol–water partition coefficient (Wildman–Crippen LogP) is 1.13. The van der Waals surface area contributed by atoms with Crippen LogP contribution in [0, 0.1) is 0 Å². The van der Waals surface area contributed by atoms with Crippen LogP contribution in [0.3, 0.4) is 0 Å². The number of methoxy groups -OCH3 is 1. The van der Waals surface area contributed by atoms with E-state index in [1.54, 1.807) is 6.20 Å². The molecule has 2 N–H and O–H groups in total.